The number of likely N-dealkylation sites (tertiary alicyclic amines) is 1. The molecule has 1 saturated heterocycles. The molecular formula is C14H18N2O. The van der Waals surface area contributed by atoms with Gasteiger partial charge in [-0.2, -0.15) is 0 Å². The minimum Gasteiger partial charge on any atom is -0.333 e. The smallest absolute Gasteiger partial charge is 0.254 e. The summed E-state index contributed by atoms with van der Waals surface area (Å²) in [4.78, 5) is 16.5. The predicted octanol–water partition coefficient (Wildman–Crippen LogP) is 1.74. The molecule has 1 aromatic carbocycles. The van der Waals surface area contributed by atoms with Gasteiger partial charge in [-0.15, -0.1) is 0 Å². The Balaban J connectivity index is 1.61. The highest BCUT2D eigenvalue weighted by molar-refractivity contribution is 5.98. The molecule has 0 aliphatic carbocycles. The molecule has 17 heavy (non-hydrogen) atoms. The van der Waals surface area contributed by atoms with Crippen molar-refractivity contribution in [3.63, 3.8) is 0 Å². The minimum absolute atomic E-state index is 0.208. The van der Waals surface area contributed by atoms with Crippen molar-refractivity contribution < 1.29 is 4.79 Å². The van der Waals surface area contributed by atoms with E-state index in [2.05, 4.69) is 11.0 Å². The van der Waals surface area contributed by atoms with Crippen LogP contribution in [0.15, 0.2) is 24.3 Å². The summed E-state index contributed by atoms with van der Waals surface area (Å²) in [6, 6.07) is 7.95. The zero-order valence-electron chi connectivity index (χ0n) is 10.1. The van der Waals surface area contributed by atoms with Gasteiger partial charge in [0, 0.05) is 25.2 Å². The molecule has 3 rings (SSSR count). The van der Waals surface area contributed by atoms with Crippen molar-refractivity contribution >= 4 is 5.91 Å². The quantitative estimate of drug-likeness (QED) is 0.789. The van der Waals surface area contributed by atoms with E-state index in [4.69, 9.17) is 0 Å². The summed E-state index contributed by atoms with van der Waals surface area (Å²) in [7, 11) is 0. The number of benzene rings is 1. The van der Waals surface area contributed by atoms with Crippen LogP contribution in [0.1, 0.15) is 28.8 Å². The fraction of sp³-hybridized carbons (Fsp3) is 0.500. The van der Waals surface area contributed by atoms with Gasteiger partial charge < -0.3 is 9.80 Å². The first kappa shape index (κ1) is 10.8. The normalized spacial score (nSPS) is 20.0. The molecule has 2 heterocycles. The van der Waals surface area contributed by atoms with Crippen molar-refractivity contribution in [2.45, 2.75) is 19.4 Å². The van der Waals surface area contributed by atoms with Crippen LogP contribution in [0.2, 0.25) is 0 Å². The molecule has 90 valence electrons. The van der Waals surface area contributed by atoms with E-state index in [1.165, 1.54) is 31.5 Å². The molecule has 2 aliphatic heterocycles. The van der Waals surface area contributed by atoms with E-state index in [1.54, 1.807) is 0 Å². The Kier molecular flexibility index (Phi) is 2.85. The molecule has 0 aromatic heterocycles. The Morgan fingerprint density at radius 1 is 1.06 bits per heavy atom. The second-order valence-corrected chi connectivity index (χ2v) is 4.93. The molecule has 1 fully saturated rings. The standard InChI is InChI=1S/C14H18N2O/c17-14-13-6-2-1-5-12(13)11-16(14)10-9-15-7-3-4-8-15/h1-2,5-6H,3-4,7-11H2. The number of carbonyl (C=O) groups excluding carboxylic acids is 1. The summed E-state index contributed by atoms with van der Waals surface area (Å²) < 4.78 is 0. The average Bonchev–Trinajstić information content (AvgIpc) is 2.96. The van der Waals surface area contributed by atoms with Gasteiger partial charge in [0.15, 0.2) is 0 Å². The summed E-state index contributed by atoms with van der Waals surface area (Å²) in [5, 5.41) is 0. The fourth-order valence-electron chi connectivity index (χ4n) is 2.76. The molecule has 0 spiro atoms. The molecule has 0 radical (unpaired) electrons. The van der Waals surface area contributed by atoms with Gasteiger partial charge in [-0.1, -0.05) is 18.2 Å². The third kappa shape index (κ3) is 2.07. The maximum atomic E-state index is 12.1. The second kappa shape index (κ2) is 4.49. The van der Waals surface area contributed by atoms with Crippen molar-refractivity contribution in [3.8, 4) is 0 Å². The van der Waals surface area contributed by atoms with Gasteiger partial charge >= 0.3 is 0 Å². The van der Waals surface area contributed by atoms with Gasteiger partial charge in [-0.05, 0) is 37.6 Å². The number of nitrogens with zero attached hydrogens (tertiary/aromatic N) is 2. The minimum atomic E-state index is 0.208. The lowest BCUT2D eigenvalue weighted by Gasteiger charge is -2.20. The topological polar surface area (TPSA) is 23.6 Å². The molecule has 1 aromatic rings. The third-order valence-corrected chi connectivity index (χ3v) is 3.78. The SMILES string of the molecule is O=C1c2ccccc2CN1CCN1CCCC1. The number of carbonyl (C=O) groups is 1. The Hall–Kier alpha value is -1.35. The van der Waals surface area contributed by atoms with Gasteiger partial charge in [-0.25, -0.2) is 0 Å². The highest BCUT2D eigenvalue weighted by Crippen LogP contribution is 2.22. The van der Waals surface area contributed by atoms with Crippen LogP contribution < -0.4 is 0 Å². The van der Waals surface area contributed by atoms with Gasteiger partial charge in [0.05, 0.1) is 0 Å². The number of fused-ring (bicyclic) bond motifs is 1. The van der Waals surface area contributed by atoms with Crippen LogP contribution in [0.25, 0.3) is 0 Å². The lowest BCUT2D eigenvalue weighted by molar-refractivity contribution is 0.0763. The van der Waals surface area contributed by atoms with Gasteiger partial charge in [-0.3, -0.25) is 4.79 Å². The molecule has 0 unspecified atom stereocenters. The second-order valence-electron chi connectivity index (χ2n) is 4.93. The molecule has 0 saturated carbocycles. The molecule has 3 nitrogen and oxygen atoms in total. The van der Waals surface area contributed by atoms with Crippen LogP contribution in [0.5, 0.6) is 0 Å². The zero-order chi connectivity index (χ0) is 11.7. The predicted molar refractivity (Wildman–Crippen MR) is 66.9 cm³/mol. The van der Waals surface area contributed by atoms with E-state index in [9.17, 15) is 4.79 Å². The number of amides is 1. The average molecular weight is 230 g/mol. The van der Waals surface area contributed by atoms with Crippen molar-refractivity contribution in [2.24, 2.45) is 0 Å². The van der Waals surface area contributed by atoms with Crippen molar-refractivity contribution in [1.29, 1.82) is 0 Å². The molecule has 3 heteroatoms. The van der Waals surface area contributed by atoms with Gasteiger partial charge in [0.25, 0.3) is 5.91 Å². The van der Waals surface area contributed by atoms with E-state index < -0.39 is 0 Å². The van der Waals surface area contributed by atoms with E-state index in [0.717, 1.165) is 25.2 Å². The lowest BCUT2D eigenvalue weighted by atomic mass is 10.1. The van der Waals surface area contributed by atoms with Crippen LogP contribution in [-0.4, -0.2) is 41.9 Å². The molecule has 2 aliphatic rings. The van der Waals surface area contributed by atoms with Crippen molar-refractivity contribution in [3.05, 3.63) is 35.4 Å². The maximum Gasteiger partial charge on any atom is 0.254 e. The van der Waals surface area contributed by atoms with Crippen LogP contribution >= 0.6 is 0 Å². The molecule has 0 N–H and O–H groups in total. The highest BCUT2D eigenvalue weighted by atomic mass is 16.2. The summed E-state index contributed by atoms with van der Waals surface area (Å²) in [6.45, 7) is 5.10. The lowest BCUT2D eigenvalue weighted by Crippen LogP contribution is -2.33. The van der Waals surface area contributed by atoms with E-state index >= 15 is 0 Å². The molecular weight excluding hydrogens is 212 g/mol. The van der Waals surface area contributed by atoms with Crippen molar-refractivity contribution in [1.82, 2.24) is 9.80 Å². The molecule has 0 atom stereocenters. The Bertz CT molecular complexity index is 424. The summed E-state index contributed by atoms with van der Waals surface area (Å²) in [6.07, 6.45) is 2.63. The highest BCUT2D eigenvalue weighted by Gasteiger charge is 2.26. The first-order valence-corrected chi connectivity index (χ1v) is 6.44. The third-order valence-electron chi connectivity index (χ3n) is 3.78. The number of hydrogen-bond donors (Lipinski definition) is 0. The van der Waals surface area contributed by atoms with Crippen molar-refractivity contribution in [2.75, 3.05) is 26.2 Å². The Labute approximate surface area is 102 Å². The first-order valence-electron chi connectivity index (χ1n) is 6.44. The van der Waals surface area contributed by atoms with E-state index in [-0.39, 0.29) is 5.91 Å². The Morgan fingerprint density at radius 2 is 1.82 bits per heavy atom. The zero-order valence-corrected chi connectivity index (χ0v) is 10.1. The van der Waals surface area contributed by atoms with E-state index in [1.807, 2.05) is 23.1 Å². The summed E-state index contributed by atoms with van der Waals surface area (Å²) >= 11 is 0. The van der Waals surface area contributed by atoms with Crippen LogP contribution in [0, 0.1) is 0 Å². The summed E-state index contributed by atoms with van der Waals surface area (Å²) in [5.74, 6) is 0.208. The van der Waals surface area contributed by atoms with Gasteiger partial charge in [0.1, 0.15) is 0 Å². The fourth-order valence-corrected chi connectivity index (χ4v) is 2.76. The van der Waals surface area contributed by atoms with Gasteiger partial charge in [0.2, 0.25) is 0 Å². The Morgan fingerprint density at radius 3 is 2.59 bits per heavy atom. The maximum absolute atomic E-state index is 12.1. The van der Waals surface area contributed by atoms with Crippen LogP contribution in [-0.2, 0) is 6.54 Å². The largest absolute Gasteiger partial charge is 0.333 e. The van der Waals surface area contributed by atoms with Crippen LogP contribution in [0.3, 0.4) is 0 Å². The number of hydrogen-bond acceptors (Lipinski definition) is 2. The monoisotopic (exact) mass is 230 g/mol. The van der Waals surface area contributed by atoms with Crippen LogP contribution in [0.4, 0.5) is 0 Å². The number of rotatable bonds is 3. The molecule has 1 amide bonds. The molecule has 0 bridgehead atoms. The first-order chi connectivity index (χ1) is 8.34. The van der Waals surface area contributed by atoms with E-state index in [0.29, 0.717) is 0 Å². The summed E-state index contributed by atoms with van der Waals surface area (Å²) in [5.41, 5.74) is 2.08.